The maximum absolute atomic E-state index is 11.7. The van der Waals surface area contributed by atoms with Crippen LogP contribution in [0.25, 0.3) is 0 Å². The minimum Gasteiger partial charge on any atom is -0.251 e. The Kier molecular flexibility index (Phi) is 3.95. The van der Waals surface area contributed by atoms with E-state index in [4.69, 9.17) is 0 Å². The number of alkyl halides is 2. The Balaban J connectivity index is 2.68. The molecular weight excluding hydrogens is 98.1 g/mol. The van der Waals surface area contributed by atoms with E-state index in [0.29, 0.717) is 12.8 Å². The van der Waals surface area contributed by atoms with Gasteiger partial charge in [0.15, 0.2) is 0 Å². The van der Waals surface area contributed by atoms with Crippen molar-refractivity contribution in [1.29, 1.82) is 0 Å². The summed E-state index contributed by atoms with van der Waals surface area (Å²) in [6.45, 7) is 1.05. The van der Waals surface area contributed by atoms with Crippen LogP contribution in [-0.4, -0.2) is 12.8 Å². The second-order valence-electron chi connectivity index (χ2n) is 1.61. The zero-order valence-corrected chi connectivity index (χ0v) is 4.45. The molecule has 0 fully saturated rings. The summed E-state index contributed by atoms with van der Waals surface area (Å²) in [4.78, 5) is 0. The number of hydrogen-bond acceptors (Lipinski definition) is 0. The van der Waals surface area contributed by atoms with Gasteiger partial charge in [-0.15, -0.1) is 0 Å². The maximum atomic E-state index is 11.7. The third kappa shape index (κ3) is 5.86. The van der Waals surface area contributed by atoms with Crippen LogP contribution in [0.4, 0.5) is 8.78 Å². The predicted molar refractivity (Wildman–Crippen MR) is 25.8 cm³/mol. The average Bonchev–Trinajstić information content (AvgIpc) is 1.61. The van der Waals surface area contributed by atoms with Gasteiger partial charge >= 0.3 is 0 Å². The van der Waals surface area contributed by atoms with Gasteiger partial charge in [0, 0.05) is 0 Å². The van der Waals surface area contributed by atoms with Crippen molar-refractivity contribution in [2.75, 3.05) is 6.67 Å². The van der Waals surface area contributed by atoms with E-state index >= 15 is 0 Å². The van der Waals surface area contributed by atoms with Crippen molar-refractivity contribution < 1.29 is 8.78 Å². The molecule has 0 spiro atoms. The monoisotopic (exact) mass is 108 g/mol. The molecule has 1 unspecified atom stereocenters. The highest BCUT2D eigenvalue weighted by Gasteiger charge is 1.94. The van der Waals surface area contributed by atoms with E-state index in [-0.39, 0.29) is 0 Å². The molecular formula is C5H10F2. The third-order valence-corrected chi connectivity index (χ3v) is 0.736. The molecule has 0 aromatic heterocycles. The van der Waals surface area contributed by atoms with E-state index in [1.807, 2.05) is 0 Å². The molecule has 7 heavy (non-hydrogen) atoms. The number of hydrogen-bond donors (Lipinski definition) is 0. The standard InChI is InChI=1S/C5H10F2/c1-5(7)3-2-4-6/h5H,2-4H2,1H3. The van der Waals surface area contributed by atoms with Crippen molar-refractivity contribution in [1.82, 2.24) is 0 Å². The molecule has 0 N–H and O–H groups in total. The lowest BCUT2D eigenvalue weighted by Crippen LogP contribution is -1.91. The van der Waals surface area contributed by atoms with Crippen molar-refractivity contribution in [3.63, 3.8) is 0 Å². The van der Waals surface area contributed by atoms with Gasteiger partial charge in [-0.3, -0.25) is 4.39 Å². The molecule has 0 aromatic rings. The van der Waals surface area contributed by atoms with Gasteiger partial charge in [0.25, 0.3) is 0 Å². The molecule has 0 rings (SSSR count). The highest BCUT2D eigenvalue weighted by molar-refractivity contribution is 4.44. The Morgan fingerprint density at radius 3 is 2.29 bits per heavy atom. The number of halogens is 2. The van der Waals surface area contributed by atoms with Crippen LogP contribution in [0, 0.1) is 0 Å². The zero-order valence-electron chi connectivity index (χ0n) is 4.45. The van der Waals surface area contributed by atoms with Crippen LogP contribution in [0.5, 0.6) is 0 Å². The highest BCUT2D eigenvalue weighted by atomic mass is 19.1. The second-order valence-corrected chi connectivity index (χ2v) is 1.61. The normalized spacial score (nSPS) is 14.1. The van der Waals surface area contributed by atoms with Gasteiger partial charge in [0.05, 0.1) is 12.8 Å². The first kappa shape index (κ1) is 6.86. The molecule has 0 aliphatic rings. The van der Waals surface area contributed by atoms with Gasteiger partial charge in [-0.2, -0.15) is 0 Å². The van der Waals surface area contributed by atoms with Crippen molar-refractivity contribution in [2.24, 2.45) is 0 Å². The predicted octanol–water partition coefficient (Wildman–Crippen LogP) is 2.09. The lowest BCUT2D eigenvalue weighted by Gasteiger charge is -1.93. The summed E-state index contributed by atoms with van der Waals surface area (Å²) in [5.41, 5.74) is 0. The first-order chi connectivity index (χ1) is 3.27. The maximum Gasteiger partial charge on any atom is 0.0974 e. The highest BCUT2D eigenvalue weighted by Crippen LogP contribution is 1.99. The first-order valence-electron chi connectivity index (χ1n) is 2.47. The lowest BCUT2D eigenvalue weighted by molar-refractivity contribution is 0.317. The fourth-order valence-corrected chi connectivity index (χ4v) is 0.358. The van der Waals surface area contributed by atoms with Gasteiger partial charge in [-0.05, 0) is 19.8 Å². The molecule has 2 heteroatoms. The van der Waals surface area contributed by atoms with Crippen LogP contribution in [0.2, 0.25) is 0 Å². The summed E-state index contributed by atoms with van der Waals surface area (Å²) in [6.07, 6.45) is -0.121. The lowest BCUT2D eigenvalue weighted by atomic mass is 10.2. The van der Waals surface area contributed by atoms with E-state index in [0.717, 1.165) is 0 Å². The smallest absolute Gasteiger partial charge is 0.0974 e. The van der Waals surface area contributed by atoms with Crippen molar-refractivity contribution in [3.8, 4) is 0 Å². The van der Waals surface area contributed by atoms with Crippen LogP contribution >= 0.6 is 0 Å². The second kappa shape index (κ2) is 4.03. The Morgan fingerprint density at radius 1 is 1.57 bits per heavy atom. The first-order valence-corrected chi connectivity index (χ1v) is 2.47. The van der Waals surface area contributed by atoms with Crippen LogP contribution < -0.4 is 0 Å². The van der Waals surface area contributed by atoms with Crippen LogP contribution in [0.3, 0.4) is 0 Å². The van der Waals surface area contributed by atoms with Crippen LogP contribution in [0.1, 0.15) is 19.8 Å². The quantitative estimate of drug-likeness (QED) is 0.519. The number of rotatable bonds is 3. The molecule has 0 radical (unpaired) electrons. The van der Waals surface area contributed by atoms with E-state index in [1.54, 1.807) is 0 Å². The van der Waals surface area contributed by atoms with Gasteiger partial charge in [0.2, 0.25) is 0 Å². The van der Waals surface area contributed by atoms with Gasteiger partial charge < -0.3 is 0 Å². The van der Waals surface area contributed by atoms with Crippen LogP contribution in [-0.2, 0) is 0 Å². The van der Waals surface area contributed by atoms with Gasteiger partial charge in [-0.1, -0.05) is 0 Å². The molecule has 1 atom stereocenters. The fraction of sp³-hybridized carbons (Fsp3) is 1.00. The molecule has 0 bridgehead atoms. The van der Waals surface area contributed by atoms with E-state index < -0.39 is 12.8 Å². The van der Waals surface area contributed by atoms with Crippen molar-refractivity contribution in [2.45, 2.75) is 25.9 Å². The topological polar surface area (TPSA) is 0 Å². The Morgan fingerprint density at radius 2 is 2.14 bits per heavy atom. The average molecular weight is 108 g/mol. The Bertz CT molecular complexity index is 35.1. The molecule has 44 valence electrons. The Hall–Kier alpha value is -0.140. The minimum atomic E-state index is -0.837. The molecule has 0 aromatic carbocycles. The summed E-state index contributed by atoms with van der Waals surface area (Å²) in [5, 5.41) is 0. The van der Waals surface area contributed by atoms with Crippen LogP contribution in [0.15, 0.2) is 0 Å². The molecule has 0 saturated heterocycles. The fourth-order valence-electron chi connectivity index (χ4n) is 0.358. The molecule has 0 nitrogen and oxygen atoms in total. The van der Waals surface area contributed by atoms with E-state index in [2.05, 4.69) is 0 Å². The summed E-state index contributed by atoms with van der Waals surface area (Å²) in [5.74, 6) is 0. The largest absolute Gasteiger partial charge is 0.251 e. The summed E-state index contributed by atoms with van der Waals surface area (Å²) >= 11 is 0. The third-order valence-electron chi connectivity index (χ3n) is 0.736. The van der Waals surface area contributed by atoms with E-state index in [1.165, 1.54) is 6.92 Å². The Labute approximate surface area is 42.5 Å². The summed E-state index contributed by atoms with van der Waals surface area (Å²) in [7, 11) is 0. The van der Waals surface area contributed by atoms with Crippen molar-refractivity contribution in [3.05, 3.63) is 0 Å². The minimum absolute atomic E-state index is 0.358. The van der Waals surface area contributed by atoms with Crippen molar-refractivity contribution >= 4 is 0 Å². The molecule has 0 aliphatic carbocycles. The zero-order chi connectivity index (χ0) is 5.70. The molecule has 0 saturated carbocycles. The van der Waals surface area contributed by atoms with Gasteiger partial charge in [0.1, 0.15) is 0 Å². The van der Waals surface area contributed by atoms with E-state index in [9.17, 15) is 8.78 Å². The molecule has 0 amide bonds. The van der Waals surface area contributed by atoms with Gasteiger partial charge in [-0.25, -0.2) is 4.39 Å². The molecule has 0 aliphatic heterocycles. The summed E-state index contributed by atoms with van der Waals surface area (Å²) in [6, 6.07) is 0. The summed E-state index contributed by atoms with van der Waals surface area (Å²) < 4.78 is 22.9. The molecule has 0 heterocycles. The SMILES string of the molecule is CC(F)CCCF.